The molecule has 1 atom stereocenters. The molecule has 8 rings (SSSR count). The molecule has 1 unspecified atom stereocenters. The molecule has 60 heavy (non-hydrogen) atoms. The third-order valence-electron chi connectivity index (χ3n) is 12.9. The Morgan fingerprint density at radius 3 is 1.85 bits per heavy atom. The van der Waals surface area contributed by atoms with Gasteiger partial charge in [0.2, 0.25) is 5.69 Å². The average molecular weight is 809 g/mol. The van der Waals surface area contributed by atoms with Crippen LogP contribution in [-0.2, 0) is 30.1 Å². The van der Waals surface area contributed by atoms with Crippen molar-refractivity contribution >= 4 is 39.5 Å². The van der Waals surface area contributed by atoms with E-state index in [1.54, 1.807) is 0 Å². The fourth-order valence-corrected chi connectivity index (χ4v) is 10.3. The summed E-state index contributed by atoms with van der Waals surface area (Å²) in [6, 6.07) is 53.5. The van der Waals surface area contributed by atoms with Crippen LogP contribution in [0.15, 0.2) is 182 Å². The van der Waals surface area contributed by atoms with Crippen LogP contribution in [0, 0.1) is 11.8 Å². The number of fused-ring (bicyclic) bond motifs is 4. The summed E-state index contributed by atoms with van der Waals surface area (Å²) in [7, 11) is 0. The van der Waals surface area contributed by atoms with Gasteiger partial charge in [-0.1, -0.05) is 173 Å². The largest absolute Gasteiger partial charge is 0.344 e. The summed E-state index contributed by atoms with van der Waals surface area (Å²) in [5.41, 5.74) is 11.3. The molecule has 0 amide bonds. The Balaban J connectivity index is 1.37. The van der Waals surface area contributed by atoms with E-state index in [0.717, 1.165) is 56.6 Å². The standard InChI is InChI=1S/C57H60ClN2/c1-6-35-56(39-44-19-10-7-11-20-44)53(60(37-34-43(4)5)52-31-29-47-25-16-17-26-49(47)55(52)56)27-18-28-54-57(40-45-21-12-8-13-22-45,41-46-23-14-9-15-24-46)50-38-48(58)30-32-51(50)59(54)36-33-42(2)3/h6-32,38,42-43H,1,33-37,39-41H2,2-5H3/q+1. The van der Waals surface area contributed by atoms with Gasteiger partial charge in [-0.2, -0.15) is 4.58 Å². The van der Waals surface area contributed by atoms with Crippen molar-refractivity contribution in [1.29, 1.82) is 0 Å². The van der Waals surface area contributed by atoms with Gasteiger partial charge in [0.05, 0.1) is 5.41 Å². The first-order chi connectivity index (χ1) is 29.2. The molecule has 0 saturated carbocycles. The van der Waals surface area contributed by atoms with Crippen molar-refractivity contribution in [2.24, 2.45) is 11.8 Å². The topological polar surface area (TPSA) is 6.25 Å². The first kappa shape index (κ1) is 41.3. The molecule has 0 N–H and O–H groups in total. The smallest absolute Gasteiger partial charge is 0.209 e. The lowest BCUT2D eigenvalue weighted by molar-refractivity contribution is -0.439. The number of hydrogen-bond donors (Lipinski definition) is 0. The lowest BCUT2D eigenvalue weighted by atomic mass is 9.69. The molecule has 2 aliphatic rings. The Labute approximate surface area is 364 Å². The van der Waals surface area contributed by atoms with Gasteiger partial charge in [0, 0.05) is 52.5 Å². The summed E-state index contributed by atoms with van der Waals surface area (Å²) < 4.78 is 2.63. The molecule has 0 saturated heterocycles. The van der Waals surface area contributed by atoms with Crippen LogP contribution < -0.4 is 4.90 Å². The van der Waals surface area contributed by atoms with Crippen molar-refractivity contribution in [3.63, 3.8) is 0 Å². The maximum atomic E-state index is 6.98. The molecule has 0 spiro atoms. The van der Waals surface area contributed by atoms with E-state index in [1.165, 1.54) is 61.4 Å². The Bertz CT molecular complexity index is 2490. The molecule has 2 aliphatic heterocycles. The molecular formula is C57H60ClN2+. The Hall–Kier alpha value is -5.44. The summed E-state index contributed by atoms with van der Waals surface area (Å²) in [6.45, 7) is 15.7. The molecule has 0 aromatic heterocycles. The van der Waals surface area contributed by atoms with Gasteiger partial charge < -0.3 is 4.90 Å². The van der Waals surface area contributed by atoms with Gasteiger partial charge in [0.1, 0.15) is 6.54 Å². The molecule has 0 radical (unpaired) electrons. The maximum absolute atomic E-state index is 6.98. The minimum absolute atomic E-state index is 0.319. The summed E-state index contributed by atoms with van der Waals surface area (Å²) in [5, 5.41) is 3.39. The first-order valence-electron chi connectivity index (χ1n) is 22.1. The van der Waals surface area contributed by atoms with E-state index < -0.39 is 0 Å². The molecule has 2 heterocycles. The predicted octanol–water partition coefficient (Wildman–Crippen LogP) is 14.4. The predicted molar refractivity (Wildman–Crippen MR) is 257 cm³/mol. The van der Waals surface area contributed by atoms with E-state index in [2.05, 4.69) is 214 Å². The fourth-order valence-electron chi connectivity index (χ4n) is 10.1. The quantitative estimate of drug-likeness (QED) is 0.0697. The third kappa shape index (κ3) is 8.20. The molecule has 0 aliphatic carbocycles. The average Bonchev–Trinajstić information content (AvgIpc) is 3.64. The molecule has 3 heteroatoms. The van der Waals surface area contributed by atoms with Gasteiger partial charge in [-0.15, -0.1) is 6.58 Å². The summed E-state index contributed by atoms with van der Waals surface area (Å²) >= 11 is 6.98. The summed E-state index contributed by atoms with van der Waals surface area (Å²) in [4.78, 5) is 2.66. The number of halogens is 1. The molecule has 304 valence electrons. The third-order valence-corrected chi connectivity index (χ3v) is 13.1. The second kappa shape index (κ2) is 18.0. The van der Waals surface area contributed by atoms with E-state index in [0.29, 0.717) is 11.8 Å². The highest BCUT2D eigenvalue weighted by atomic mass is 35.5. The SMILES string of the molecule is C=CCC1(Cc2ccccc2)C(=CC=CC2=[N+](CCC(C)C)c3ccc(Cl)cc3C2(Cc2ccccc2)Cc2ccccc2)N(CCC(C)C)c2ccc3ccccc3c21. The lowest BCUT2D eigenvalue weighted by Gasteiger charge is -2.34. The summed E-state index contributed by atoms with van der Waals surface area (Å²) in [5.74, 6) is 1.13. The minimum Gasteiger partial charge on any atom is -0.344 e. The van der Waals surface area contributed by atoms with Crippen LogP contribution >= 0.6 is 11.6 Å². The second-order valence-electron chi connectivity index (χ2n) is 18.0. The Morgan fingerprint density at radius 2 is 1.25 bits per heavy atom. The highest BCUT2D eigenvalue weighted by Gasteiger charge is 2.52. The fraction of sp³-hybridized carbons (Fsp3) is 0.281. The Kier molecular flexibility index (Phi) is 12.4. The van der Waals surface area contributed by atoms with Crippen molar-refractivity contribution in [3.05, 3.63) is 215 Å². The van der Waals surface area contributed by atoms with Crippen LogP contribution in [0.5, 0.6) is 0 Å². The molecule has 0 bridgehead atoms. The van der Waals surface area contributed by atoms with Gasteiger partial charge in [-0.05, 0) is 101 Å². The zero-order valence-electron chi connectivity index (χ0n) is 36.0. The number of benzene rings is 6. The molecule has 0 fully saturated rings. The van der Waals surface area contributed by atoms with Gasteiger partial charge in [-0.3, -0.25) is 0 Å². The summed E-state index contributed by atoms with van der Waals surface area (Å²) in [6.07, 6.45) is 15.1. The van der Waals surface area contributed by atoms with Crippen molar-refractivity contribution < 1.29 is 4.58 Å². The molecule has 6 aromatic carbocycles. The molecular weight excluding hydrogens is 748 g/mol. The number of rotatable bonds is 16. The minimum atomic E-state index is -0.358. The van der Waals surface area contributed by atoms with Gasteiger partial charge in [0.15, 0.2) is 5.71 Å². The van der Waals surface area contributed by atoms with Crippen LogP contribution in [-0.4, -0.2) is 23.4 Å². The van der Waals surface area contributed by atoms with Crippen molar-refractivity contribution in [3.8, 4) is 0 Å². The van der Waals surface area contributed by atoms with Crippen molar-refractivity contribution in [2.75, 3.05) is 18.0 Å². The zero-order chi connectivity index (χ0) is 41.7. The molecule has 2 nitrogen and oxygen atoms in total. The number of allylic oxidation sites excluding steroid dienone is 5. The Morgan fingerprint density at radius 1 is 0.667 bits per heavy atom. The van der Waals surface area contributed by atoms with E-state index in [1.807, 2.05) is 0 Å². The highest BCUT2D eigenvalue weighted by Crippen LogP contribution is 2.55. The van der Waals surface area contributed by atoms with Crippen LogP contribution in [0.2, 0.25) is 5.02 Å². The van der Waals surface area contributed by atoms with Crippen molar-refractivity contribution in [2.45, 2.75) is 77.0 Å². The lowest BCUT2D eigenvalue weighted by Crippen LogP contribution is -2.39. The van der Waals surface area contributed by atoms with Crippen LogP contribution in [0.4, 0.5) is 11.4 Å². The molecule has 6 aromatic rings. The normalized spacial score (nSPS) is 17.7. The first-order valence-corrected chi connectivity index (χ1v) is 22.5. The zero-order valence-corrected chi connectivity index (χ0v) is 36.7. The maximum Gasteiger partial charge on any atom is 0.209 e. The second-order valence-corrected chi connectivity index (χ2v) is 18.4. The monoisotopic (exact) mass is 807 g/mol. The van der Waals surface area contributed by atoms with Crippen LogP contribution in [0.3, 0.4) is 0 Å². The highest BCUT2D eigenvalue weighted by molar-refractivity contribution is 6.30. The van der Waals surface area contributed by atoms with Crippen LogP contribution in [0.1, 0.15) is 74.8 Å². The number of hydrogen-bond acceptors (Lipinski definition) is 1. The van der Waals surface area contributed by atoms with E-state index >= 15 is 0 Å². The van der Waals surface area contributed by atoms with Gasteiger partial charge in [0.25, 0.3) is 0 Å². The van der Waals surface area contributed by atoms with Gasteiger partial charge in [-0.25, -0.2) is 0 Å². The van der Waals surface area contributed by atoms with Gasteiger partial charge >= 0.3 is 0 Å². The van der Waals surface area contributed by atoms with E-state index in [-0.39, 0.29) is 10.8 Å². The van der Waals surface area contributed by atoms with Crippen LogP contribution in [0.25, 0.3) is 10.8 Å². The number of nitrogens with zero attached hydrogens (tertiary/aromatic N) is 2. The van der Waals surface area contributed by atoms with E-state index in [4.69, 9.17) is 11.6 Å². The van der Waals surface area contributed by atoms with Crippen molar-refractivity contribution in [1.82, 2.24) is 0 Å². The van der Waals surface area contributed by atoms with E-state index in [9.17, 15) is 0 Å². The number of anilines is 1.